The molecule has 3 rings (SSSR count). The molecule has 7 heteroatoms. The summed E-state index contributed by atoms with van der Waals surface area (Å²) >= 11 is 15.3. The molecule has 0 aliphatic carbocycles. The van der Waals surface area contributed by atoms with E-state index in [1.807, 2.05) is 12.1 Å². The second-order valence-corrected chi connectivity index (χ2v) is 6.02. The maximum absolute atomic E-state index is 5.97. The number of hydrogen-bond acceptors (Lipinski definition) is 4. The number of aromatic nitrogens is 2. The van der Waals surface area contributed by atoms with Crippen molar-refractivity contribution < 1.29 is 4.52 Å². The van der Waals surface area contributed by atoms with Crippen molar-refractivity contribution in [3.8, 4) is 22.8 Å². The molecule has 0 saturated carbocycles. The summed E-state index contributed by atoms with van der Waals surface area (Å²) in [5.41, 5.74) is 7.75. The van der Waals surface area contributed by atoms with Crippen LogP contribution >= 0.6 is 39.1 Å². The van der Waals surface area contributed by atoms with Crippen molar-refractivity contribution in [2.45, 2.75) is 0 Å². The molecule has 0 bridgehead atoms. The molecule has 0 atom stereocenters. The van der Waals surface area contributed by atoms with E-state index in [9.17, 15) is 0 Å². The quantitative estimate of drug-likeness (QED) is 0.627. The number of hydrogen-bond donors (Lipinski definition) is 1. The second kappa shape index (κ2) is 5.67. The Balaban J connectivity index is 2.01. The summed E-state index contributed by atoms with van der Waals surface area (Å²) in [6.45, 7) is 0. The molecule has 106 valence electrons. The molecule has 0 amide bonds. The van der Waals surface area contributed by atoms with Gasteiger partial charge in [-0.15, -0.1) is 0 Å². The van der Waals surface area contributed by atoms with Crippen LogP contribution in [0.2, 0.25) is 10.0 Å². The van der Waals surface area contributed by atoms with Crippen LogP contribution in [-0.4, -0.2) is 10.1 Å². The summed E-state index contributed by atoms with van der Waals surface area (Å²) in [7, 11) is 0. The Hall–Kier alpha value is -1.56. The summed E-state index contributed by atoms with van der Waals surface area (Å²) in [6.07, 6.45) is 0. The molecule has 21 heavy (non-hydrogen) atoms. The van der Waals surface area contributed by atoms with Gasteiger partial charge in [0, 0.05) is 26.3 Å². The Morgan fingerprint density at radius 3 is 2.57 bits per heavy atom. The van der Waals surface area contributed by atoms with Crippen molar-refractivity contribution in [2.75, 3.05) is 5.73 Å². The van der Waals surface area contributed by atoms with Crippen molar-refractivity contribution in [3.05, 3.63) is 50.9 Å². The summed E-state index contributed by atoms with van der Waals surface area (Å²) < 4.78 is 6.03. The number of rotatable bonds is 2. The highest BCUT2D eigenvalue weighted by atomic mass is 79.9. The fourth-order valence-corrected chi connectivity index (χ4v) is 2.57. The third-order valence-corrected chi connectivity index (χ3v) is 4.20. The lowest BCUT2D eigenvalue weighted by Crippen LogP contribution is -1.86. The van der Waals surface area contributed by atoms with E-state index in [0.717, 1.165) is 10.0 Å². The van der Waals surface area contributed by atoms with E-state index >= 15 is 0 Å². The van der Waals surface area contributed by atoms with Gasteiger partial charge in [0.1, 0.15) is 0 Å². The Bertz CT molecular complexity index is 799. The molecule has 2 aromatic carbocycles. The van der Waals surface area contributed by atoms with E-state index in [4.69, 9.17) is 33.5 Å². The van der Waals surface area contributed by atoms with Gasteiger partial charge in [0.25, 0.3) is 5.89 Å². The first-order chi connectivity index (χ1) is 10.0. The molecule has 1 aromatic heterocycles. The van der Waals surface area contributed by atoms with Crippen LogP contribution < -0.4 is 5.73 Å². The fraction of sp³-hybridized carbons (Fsp3) is 0. The zero-order chi connectivity index (χ0) is 15.0. The SMILES string of the molecule is Nc1cc(Cl)cc(-c2nc(-c3ccc(Cl)c(Br)c3)no2)c1. The highest BCUT2D eigenvalue weighted by Gasteiger charge is 2.12. The summed E-state index contributed by atoms with van der Waals surface area (Å²) in [4.78, 5) is 4.35. The minimum atomic E-state index is 0.352. The van der Waals surface area contributed by atoms with Crippen LogP contribution in [0, 0.1) is 0 Å². The molecular formula is C14H8BrCl2N3O. The van der Waals surface area contributed by atoms with Gasteiger partial charge in [-0.2, -0.15) is 4.98 Å². The number of nitrogen functional groups attached to an aromatic ring is 1. The average Bonchev–Trinajstić information content (AvgIpc) is 2.90. The van der Waals surface area contributed by atoms with Crippen molar-refractivity contribution >= 4 is 44.8 Å². The summed E-state index contributed by atoms with van der Waals surface area (Å²) in [6, 6.07) is 10.5. The normalized spacial score (nSPS) is 10.8. The monoisotopic (exact) mass is 383 g/mol. The van der Waals surface area contributed by atoms with Crippen LogP contribution in [0.1, 0.15) is 0 Å². The van der Waals surface area contributed by atoms with E-state index < -0.39 is 0 Å². The third-order valence-electron chi connectivity index (χ3n) is 2.77. The van der Waals surface area contributed by atoms with Crippen LogP contribution in [0.4, 0.5) is 5.69 Å². The standard InChI is InChI=1S/C14H8BrCl2N3O/c15-11-5-7(1-2-12(11)17)13-19-14(21-20-13)8-3-9(16)6-10(18)4-8/h1-6H,18H2. The molecule has 0 aliphatic rings. The minimum Gasteiger partial charge on any atom is -0.399 e. The predicted molar refractivity (Wildman–Crippen MR) is 87.3 cm³/mol. The molecular weight excluding hydrogens is 377 g/mol. The first-order valence-corrected chi connectivity index (χ1v) is 7.43. The molecule has 4 nitrogen and oxygen atoms in total. The summed E-state index contributed by atoms with van der Waals surface area (Å²) in [5, 5.41) is 5.09. The maximum atomic E-state index is 5.97. The van der Waals surface area contributed by atoms with Gasteiger partial charge in [0.2, 0.25) is 5.82 Å². The molecule has 2 N–H and O–H groups in total. The maximum Gasteiger partial charge on any atom is 0.258 e. The minimum absolute atomic E-state index is 0.352. The average molecular weight is 385 g/mol. The summed E-state index contributed by atoms with van der Waals surface area (Å²) in [5.74, 6) is 0.811. The van der Waals surface area contributed by atoms with Gasteiger partial charge >= 0.3 is 0 Å². The molecule has 0 spiro atoms. The van der Waals surface area contributed by atoms with Gasteiger partial charge in [-0.25, -0.2) is 0 Å². The highest BCUT2D eigenvalue weighted by Crippen LogP contribution is 2.30. The number of nitrogens with two attached hydrogens (primary N) is 1. The number of benzene rings is 2. The molecule has 0 aliphatic heterocycles. The number of nitrogens with zero attached hydrogens (tertiary/aromatic N) is 2. The van der Waals surface area contributed by atoms with Crippen molar-refractivity contribution in [1.82, 2.24) is 10.1 Å². The van der Waals surface area contributed by atoms with E-state index in [0.29, 0.717) is 33.0 Å². The Morgan fingerprint density at radius 1 is 1.05 bits per heavy atom. The molecule has 0 fully saturated rings. The first-order valence-electron chi connectivity index (χ1n) is 5.88. The van der Waals surface area contributed by atoms with E-state index in [1.165, 1.54) is 0 Å². The van der Waals surface area contributed by atoms with Gasteiger partial charge < -0.3 is 10.3 Å². The zero-order valence-corrected chi connectivity index (χ0v) is 13.6. The van der Waals surface area contributed by atoms with Crippen LogP contribution in [0.15, 0.2) is 45.4 Å². The highest BCUT2D eigenvalue weighted by molar-refractivity contribution is 9.10. The number of halogens is 3. The topological polar surface area (TPSA) is 64.9 Å². The third kappa shape index (κ3) is 3.05. The predicted octanol–water partition coefficient (Wildman–Crippen LogP) is 5.06. The Morgan fingerprint density at radius 2 is 1.86 bits per heavy atom. The van der Waals surface area contributed by atoms with Gasteiger partial charge in [-0.1, -0.05) is 28.4 Å². The van der Waals surface area contributed by atoms with Crippen LogP contribution in [0.5, 0.6) is 0 Å². The van der Waals surface area contributed by atoms with Gasteiger partial charge in [0.15, 0.2) is 0 Å². The largest absolute Gasteiger partial charge is 0.399 e. The Kier molecular flexibility index (Phi) is 3.89. The molecule has 0 radical (unpaired) electrons. The Labute approximate surface area is 139 Å². The van der Waals surface area contributed by atoms with Gasteiger partial charge in [0.05, 0.1) is 5.02 Å². The van der Waals surface area contributed by atoms with Gasteiger partial charge in [-0.05, 0) is 52.3 Å². The van der Waals surface area contributed by atoms with E-state index in [2.05, 4.69) is 26.1 Å². The fourth-order valence-electron chi connectivity index (χ4n) is 1.83. The van der Waals surface area contributed by atoms with E-state index in [-0.39, 0.29) is 0 Å². The lowest BCUT2D eigenvalue weighted by Gasteiger charge is -1.99. The smallest absolute Gasteiger partial charge is 0.258 e. The van der Waals surface area contributed by atoms with Crippen molar-refractivity contribution in [2.24, 2.45) is 0 Å². The molecule has 0 unspecified atom stereocenters. The lowest BCUT2D eigenvalue weighted by atomic mass is 10.2. The lowest BCUT2D eigenvalue weighted by molar-refractivity contribution is 0.432. The molecule has 3 aromatic rings. The van der Waals surface area contributed by atoms with E-state index in [1.54, 1.807) is 24.3 Å². The van der Waals surface area contributed by atoms with Crippen LogP contribution in [-0.2, 0) is 0 Å². The van der Waals surface area contributed by atoms with Gasteiger partial charge in [-0.3, -0.25) is 0 Å². The van der Waals surface area contributed by atoms with Crippen molar-refractivity contribution in [3.63, 3.8) is 0 Å². The van der Waals surface area contributed by atoms with Crippen molar-refractivity contribution in [1.29, 1.82) is 0 Å². The second-order valence-electron chi connectivity index (χ2n) is 4.33. The van der Waals surface area contributed by atoms with Crippen LogP contribution in [0.25, 0.3) is 22.8 Å². The number of anilines is 1. The first kappa shape index (κ1) is 14.4. The molecule has 0 saturated heterocycles. The van der Waals surface area contributed by atoms with Crippen LogP contribution in [0.3, 0.4) is 0 Å². The zero-order valence-electron chi connectivity index (χ0n) is 10.5. The molecule has 1 heterocycles.